The zero-order valence-electron chi connectivity index (χ0n) is 17.2. The van der Waals surface area contributed by atoms with E-state index in [9.17, 15) is 0 Å². The lowest BCUT2D eigenvalue weighted by molar-refractivity contribution is 0.456. The summed E-state index contributed by atoms with van der Waals surface area (Å²) in [5, 5.41) is 0. The number of aryl methyl sites for hydroxylation is 4. The van der Waals surface area contributed by atoms with Crippen LogP contribution in [0.4, 0.5) is 17.3 Å². The van der Waals surface area contributed by atoms with Crippen LogP contribution in [0.1, 0.15) is 48.6 Å². The van der Waals surface area contributed by atoms with Gasteiger partial charge in [0.2, 0.25) is 5.88 Å². The van der Waals surface area contributed by atoms with E-state index < -0.39 is 0 Å². The van der Waals surface area contributed by atoms with Crippen molar-refractivity contribution in [1.29, 1.82) is 0 Å². The molecule has 0 fully saturated rings. The Balaban J connectivity index is 1.97. The summed E-state index contributed by atoms with van der Waals surface area (Å²) in [5.41, 5.74) is 8.26. The normalized spacial score (nSPS) is 13.2. The molecule has 27 heavy (non-hydrogen) atoms. The summed E-state index contributed by atoms with van der Waals surface area (Å²) >= 11 is 0. The van der Waals surface area contributed by atoms with Gasteiger partial charge in [-0.2, -0.15) is 0 Å². The van der Waals surface area contributed by atoms with Gasteiger partial charge in [0, 0.05) is 5.56 Å². The number of rotatable bonds is 1. The van der Waals surface area contributed by atoms with Crippen molar-refractivity contribution in [2.75, 3.05) is 4.90 Å². The van der Waals surface area contributed by atoms with E-state index in [0.717, 1.165) is 34.3 Å². The summed E-state index contributed by atoms with van der Waals surface area (Å²) in [6.07, 6.45) is 1.77. The van der Waals surface area contributed by atoms with E-state index in [1.165, 1.54) is 22.3 Å². The summed E-state index contributed by atoms with van der Waals surface area (Å²) in [5.74, 6) is 2.41. The van der Waals surface area contributed by atoms with Crippen molar-refractivity contribution in [2.24, 2.45) is 0 Å². The van der Waals surface area contributed by atoms with E-state index in [-0.39, 0.29) is 5.41 Å². The number of anilines is 3. The highest BCUT2D eigenvalue weighted by Crippen LogP contribution is 2.54. The minimum absolute atomic E-state index is 0.112. The molecule has 1 aromatic heterocycles. The third kappa shape index (κ3) is 2.82. The third-order valence-electron chi connectivity index (χ3n) is 5.25. The second-order valence-electron chi connectivity index (χ2n) is 8.67. The van der Waals surface area contributed by atoms with Crippen LogP contribution in [0, 0.1) is 27.7 Å². The van der Waals surface area contributed by atoms with Crippen molar-refractivity contribution < 1.29 is 9.15 Å². The van der Waals surface area contributed by atoms with Crippen molar-refractivity contribution >= 4 is 17.3 Å². The molecule has 0 radical (unpaired) electrons. The maximum Gasteiger partial charge on any atom is 0.248 e. The summed E-state index contributed by atoms with van der Waals surface area (Å²) in [6, 6.07) is 10.9. The van der Waals surface area contributed by atoms with Crippen LogP contribution in [0.15, 0.2) is 41.0 Å². The first-order chi connectivity index (χ1) is 12.7. The summed E-state index contributed by atoms with van der Waals surface area (Å²) in [6.45, 7) is 15.2. The molecular weight excluding hydrogens is 334 g/mol. The smallest absolute Gasteiger partial charge is 0.248 e. The number of fused-ring (bicyclic) bond motifs is 2. The molecule has 3 nitrogen and oxygen atoms in total. The molecule has 0 saturated carbocycles. The topological polar surface area (TPSA) is 25.6 Å². The minimum atomic E-state index is 0.112. The van der Waals surface area contributed by atoms with E-state index in [4.69, 9.17) is 9.15 Å². The van der Waals surface area contributed by atoms with E-state index >= 15 is 0 Å². The van der Waals surface area contributed by atoms with Crippen LogP contribution in [0.2, 0.25) is 0 Å². The first-order valence-corrected chi connectivity index (χ1v) is 9.45. The van der Waals surface area contributed by atoms with Gasteiger partial charge >= 0.3 is 0 Å². The zero-order valence-corrected chi connectivity index (χ0v) is 17.2. The maximum atomic E-state index is 6.20. The predicted molar refractivity (Wildman–Crippen MR) is 111 cm³/mol. The van der Waals surface area contributed by atoms with Crippen molar-refractivity contribution in [2.45, 2.75) is 53.9 Å². The molecule has 1 aliphatic rings. The molecule has 0 saturated heterocycles. The molecule has 0 spiro atoms. The van der Waals surface area contributed by atoms with Crippen molar-refractivity contribution in [3.63, 3.8) is 0 Å². The first-order valence-electron chi connectivity index (χ1n) is 9.45. The molecule has 2 heterocycles. The van der Waals surface area contributed by atoms with E-state index in [0.29, 0.717) is 0 Å². The summed E-state index contributed by atoms with van der Waals surface area (Å²) in [4.78, 5) is 2.21. The van der Waals surface area contributed by atoms with Crippen LogP contribution in [-0.2, 0) is 5.41 Å². The largest absolute Gasteiger partial charge is 0.449 e. The molecule has 0 amide bonds. The molecule has 0 N–H and O–H groups in total. The third-order valence-corrected chi connectivity index (χ3v) is 5.25. The van der Waals surface area contributed by atoms with Crippen LogP contribution < -0.4 is 9.64 Å². The molecule has 0 bridgehead atoms. The lowest BCUT2D eigenvalue weighted by Crippen LogP contribution is -2.19. The Bertz CT molecular complexity index is 1010. The number of ether oxygens (including phenoxy) is 1. The predicted octanol–water partition coefficient (Wildman–Crippen LogP) is 7.39. The molecule has 140 valence electrons. The van der Waals surface area contributed by atoms with Gasteiger partial charge in [-0.3, -0.25) is 4.90 Å². The monoisotopic (exact) mass is 361 g/mol. The van der Waals surface area contributed by atoms with E-state index in [2.05, 4.69) is 76.8 Å². The molecule has 1 aliphatic heterocycles. The lowest BCUT2D eigenvalue weighted by atomic mass is 9.84. The molecule has 3 heteroatoms. The number of benzene rings is 2. The van der Waals surface area contributed by atoms with Crippen LogP contribution >= 0.6 is 0 Å². The lowest BCUT2D eigenvalue weighted by Gasteiger charge is -2.33. The van der Waals surface area contributed by atoms with Gasteiger partial charge in [0.05, 0.1) is 11.4 Å². The zero-order chi connectivity index (χ0) is 19.5. The van der Waals surface area contributed by atoms with E-state index in [1.54, 1.807) is 6.26 Å². The molecular formula is C24H27NO2. The Labute approximate surface area is 161 Å². The molecule has 3 aromatic rings. The van der Waals surface area contributed by atoms with Crippen molar-refractivity contribution in [3.8, 4) is 11.5 Å². The highest BCUT2D eigenvalue weighted by molar-refractivity contribution is 5.87. The average molecular weight is 361 g/mol. The van der Waals surface area contributed by atoms with Gasteiger partial charge in [-0.1, -0.05) is 39.0 Å². The van der Waals surface area contributed by atoms with Crippen molar-refractivity contribution in [1.82, 2.24) is 0 Å². The second kappa shape index (κ2) is 5.91. The molecule has 0 atom stereocenters. The fraction of sp³-hybridized carbons (Fsp3) is 0.333. The second-order valence-corrected chi connectivity index (χ2v) is 8.67. The summed E-state index contributed by atoms with van der Waals surface area (Å²) in [7, 11) is 0. The number of nitrogens with zero attached hydrogens (tertiary/aromatic N) is 1. The number of furan rings is 1. The fourth-order valence-corrected chi connectivity index (χ4v) is 3.77. The Hall–Kier alpha value is -2.68. The average Bonchev–Trinajstić information content (AvgIpc) is 2.93. The van der Waals surface area contributed by atoms with Crippen LogP contribution in [0.25, 0.3) is 0 Å². The van der Waals surface area contributed by atoms with Gasteiger partial charge in [0.25, 0.3) is 0 Å². The highest BCUT2D eigenvalue weighted by Gasteiger charge is 2.32. The molecule has 0 unspecified atom stereocenters. The first kappa shape index (κ1) is 17.7. The van der Waals surface area contributed by atoms with Gasteiger partial charge in [0.15, 0.2) is 11.5 Å². The molecule has 4 rings (SSSR count). The van der Waals surface area contributed by atoms with Gasteiger partial charge in [-0.05, 0) is 67.5 Å². The highest BCUT2D eigenvalue weighted by atomic mass is 16.5. The summed E-state index contributed by atoms with van der Waals surface area (Å²) < 4.78 is 12.2. The van der Waals surface area contributed by atoms with Gasteiger partial charge in [-0.25, -0.2) is 0 Å². The van der Waals surface area contributed by atoms with Gasteiger partial charge < -0.3 is 9.15 Å². The maximum absolute atomic E-state index is 6.20. The fourth-order valence-electron chi connectivity index (χ4n) is 3.77. The molecule has 2 aromatic carbocycles. The Kier molecular flexibility index (Phi) is 3.88. The minimum Gasteiger partial charge on any atom is -0.449 e. The number of hydrogen-bond acceptors (Lipinski definition) is 3. The van der Waals surface area contributed by atoms with Crippen LogP contribution in [0.3, 0.4) is 0 Å². The van der Waals surface area contributed by atoms with Gasteiger partial charge in [0.1, 0.15) is 6.26 Å². The van der Waals surface area contributed by atoms with Crippen LogP contribution in [-0.4, -0.2) is 0 Å². The standard InChI is InChI=1S/C24H27NO2/c1-14-8-9-19-20(10-14)27-22-17(4)13-26-23(22)25(19)21-15(2)11-18(12-16(21)3)24(5,6)7/h8-13H,1-7H3. The number of hydrogen-bond donors (Lipinski definition) is 0. The Morgan fingerprint density at radius 3 is 2.15 bits per heavy atom. The van der Waals surface area contributed by atoms with E-state index in [1.807, 2.05) is 6.92 Å². The molecule has 0 aliphatic carbocycles. The Morgan fingerprint density at radius 2 is 1.52 bits per heavy atom. The van der Waals surface area contributed by atoms with Gasteiger partial charge in [-0.15, -0.1) is 0 Å². The SMILES string of the molecule is Cc1ccc2c(c1)Oc1c(C)coc1N2c1c(C)cc(C(C)(C)C)cc1C. The van der Waals surface area contributed by atoms with Crippen molar-refractivity contribution in [3.05, 3.63) is 64.4 Å². The van der Waals surface area contributed by atoms with Crippen LogP contribution in [0.5, 0.6) is 11.5 Å². The Morgan fingerprint density at radius 1 is 0.852 bits per heavy atom. The quantitative estimate of drug-likeness (QED) is 0.353.